The molecule has 1 saturated heterocycles. The summed E-state index contributed by atoms with van der Waals surface area (Å²) in [6.45, 7) is 1.17. The molecule has 5 nitrogen and oxygen atoms in total. The Kier molecular flexibility index (Phi) is 6.03. The highest BCUT2D eigenvalue weighted by molar-refractivity contribution is 7.92. The molecule has 1 aromatic heterocycles. The highest BCUT2D eigenvalue weighted by Gasteiger charge is 2.33. The van der Waals surface area contributed by atoms with E-state index >= 15 is 0 Å². The van der Waals surface area contributed by atoms with E-state index in [9.17, 15) is 13.7 Å². The topological polar surface area (TPSA) is 74.1 Å². The molecule has 0 bridgehead atoms. The Morgan fingerprint density at radius 2 is 1.77 bits per heavy atom. The van der Waals surface area contributed by atoms with E-state index in [2.05, 4.69) is 4.90 Å². The van der Waals surface area contributed by atoms with Crippen molar-refractivity contribution in [3.05, 3.63) is 63.5 Å². The number of piperidine rings is 1. The summed E-state index contributed by atoms with van der Waals surface area (Å²) < 4.78 is 26.1. The number of anilines is 1. The lowest BCUT2D eigenvalue weighted by Gasteiger charge is -2.31. The average molecular weight is 478 g/mol. The van der Waals surface area contributed by atoms with Gasteiger partial charge in [0.15, 0.2) is 15.0 Å². The van der Waals surface area contributed by atoms with Crippen molar-refractivity contribution in [1.82, 2.24) is 4.98 Å². The fraction of sp³-hybridized carbons (Fsp3) is 0.238. The number of rotatable bonds is 4. The van der Waals surface area contributed by atoms with Crippen molar-refractivity contribution in [3.63, 3.8) is 0 Å². The molecule has 0 radical (unpaired) electrons. The third-order valence-electron chi connectivity index (χ3n) is 5.12. The standard InChI is InChI=1S/C21H17Cl2N3O2S2/c22-16-9-15(10-17(23)11-16)19-13-29-21(25-19)26-7-5-18(6-8-26)30(27,28)20-4-2-1-3-14(20)12-24/h1-4,9-11,13,18H,5-8H2. The van der Waals surface area contributed by atoms with Gasteiger partial charge in [0.2, 0.25) is 0 Å². The first-order chi connectivity index (χ1) is 14.4. The summed E-state index contributed by atoms with van der Waals surface area (Å²) in [4.78, 5) is 6.92. The van der Waals surface area contributed by atoms with Crippen LogP contribution in [0, 0.1) is 11.3 Å². The molecule has 3 aromatic rings. The minimum atomic E-state index is -3.55. The molecule has 0 spiro atoms. The first-order valence-corrected chi connectivity index (χ1v) is 12.5. The first kappa shape index (κ1) is 21.1. The van der Waals surface area contributed by atoms with E-state index in [1.54, 1.807) is 24.3 Å². The van der Waals surface area contributed by atoms with E-state index in [0.717, 1.165) is 16.4 Å². The van der Waals surface area contributed by atoms with Crippen molar-refractivity contribution >= 4 is 49.5 Å². The third-order valence-corrected chi connectivity index (χ3v) is 8.77. The number of halogens is 2. The second-order valence-electron chi connectivity index (χ2n) is 7.01. The molecule has 4 rings (SSSR count). The smallest absolute Gasteiger partial charge is 0.185 e. The summed E-state index contributed by atoms with van der Waals surface area (Å²) in [6, 6.07) is 13.7. The fourth-order valence-electron chi connectivity index (χ4n) is 3.59. The van der Waals surface area contributed by atoms with Crippen molar-refractivity contribution in [2.75, 3.05) is 18.0 Å². The number of aromatic nitrogens is 1. The van der Waals surface area contributed by atoms with Crippen LogP contribution < -0.4 is 4.90 Å². The number of hydrogen-bond acceptors (Lipinski definition) is 6. The second kappa shape index (κ2) is 8.56. The molecule has 30 heavy (non-hydrogen) atoms. The molecule has 0 saturated carbocycles. The van der Waals surface area contributed by atoms with Crippen LogP contribution in [-0.2, 0) is 9.84 Å². The van der Waals surface area contributed by atoms with Gasteiger partial charge in [0.1, 0.15) is 6.07 Å². The molecule has 0 N–H and O–H groups in total. The maximum absolute atomic E-state index is 13.1. The summed E-state index contributed by atoms with van der Waals surface area (Å²) in [5.41, 5.74) is 1.84. The van der Waals surface area contributed by atoms with Crippen LogP contribution in [-0.4, -0.2) is 31.7 Å². The zero-order valence-corrected chi connectivity index (χ0v) is 18.9. The summed E-state index contributed by atoms with van der Waals surface area (Å²) in [7, 11) is -3.55. The summed E-state index contributed by atoms with van der Waals surface area (Å²) in [5.74, 6) is 0. The minimum absolute atomic E-state index is 0.125. The van der Waals surface area contributed by atoms with E-state index in [4.69, 9.17) is 28.2 Å². The Hall–Kier alpha value is -2.11. The Bertz CT molecular complexity index is 1210. The predicted molar refractivity (Wildman–Crippen MR) is 121 cm³/mol. The Morgan fingerprint density at radius 1 is 1.10 bits per heavy atom. The summed E-state index contributed by atoms with van der Waals surface area (Å²) >= 11 is 13.7. The van der Waals surface area contributed by atoms with E-state index in [0.29, 0.717) is 36.0 Å². The second-order valence-corrected chi connectivity index (χ2v) is 10.9. The normalized spacial score (nSPS) is 15.2. The van der Waals surface area contributed by atoms with Crippen LogP contribution in [0.4, 0.5) is 5.13 Å². The molecule has 9 heteroatoms. The first-order valence-electron chi connectivity index (χ1n) is 9.28. The van der Waals surface area contributed by atoms with Crippen molar-refractivity contribution in [2.24, 2.45) is 0 Å². The maximum atomic E-state index is 13.1. The lowest BCUT2D eigenvalue weighted by atomic mass is 10.1. The number of sulfone groups is 1. The van der Waals surface area contributed by atoms with Gasteiger partial charge in [-0.25, -0.2) is 13.4 Å². The SMILES string of the molecule is N#Cc1ccccc1S(=O)(=O)C1CCN(c2nc(-c3cc(Cl)cc(Cl)c3)cs2)CC1. The van der Waals surface area contributed by atoms with Gasteiger partial charge in [0.25, 0.3) is 0 Å². The maximum Gasteiger partial charge on any atom is 0.185 e. The number of thiazole rings is 1. The molecule has 0 amide bonds. The molecule has 1 fully saturated rings. The molecule has 0 atom stereocenters. The molecule has 0 unspecified atom stereocenters. The number of hydrogen-bond donors (Lipinski definition) is 0. The molecule has 154 valence electrons. The van der Waals surface area contributed by atoms with E-state index in [1.165, 1.54) is 17.4 Å². The largest absolute Gasteiger partial charge is 0.348 e. The van der Waals surface area contributed by atoms with Crippen LogP contribution >= 0.6 is 34.5 Å². The molecule has 2 heterocycles. The highest BCUT2D eigenvalue weighted by Crippen LogP contribution is 2.34. The van der Waals surface area contributed by atoms with Gasteiger partial charge in [0, 0.05) is 34.1 Å². The van der Waals surface area contributed by atoms with Crippen LogP contribution in [0.2, 0.25) is 10.0 Å². The average Bonchev–Trinajstić information content (AvgIpc) is 3.23. The molecule has 1 aliphatic rings. The van der Waals surface area contributed by atoms with Gasteiger partial charge in [-0.05, 0) is 43.2 Å². The van der Waals surface area contributed by atoms with Gasteiger partial charge in [-0.3, -0.25) is 0 Å². The van der Waals surface area contributed by atoms with Gasteiger partial charge in [-0.1, -0.05) is 35.3 Å². The van der Waals surface area contributed by atoms with Crippen LogP contribution in [0.25, 0.3) is 11.3 Å². The van der Waals surface area contributed by atoms with Gasteiger partial charge >= 0.3 is 0 Å². The Labute approximate surface area is 189 Å². The van der Waals surface area contributed by atoms with Gasteiger partial charge in [-0.2, -0.15) is 5.26 Å². The zero-order valence-electron chi connectivity index (χ0n) is 15.8. The minimum Gasteiger partial charge on any atom is -0.348 e. The van der Waals surface area contributed by atoms with Crippen LogP contribution in [0.5, 0.6) is 0 Å². The Balaban J connectivity index is 1.49. The van der Waals surface area contributed by atoms with Crippen LogP contribution in [0.1, 0.15) is 18.4 Å². The van der Waals surface area contributed by atoms with Crippen molar-refractivity contribution in [3.8, 4) is 17.3 Å². The Morgan fingerprint density at radius 3 is 2.43 bits per heavy atom. The summed E-state index contributed by atoms with van der Waals surface area (Å²) in [6.07, 6.45) is 0.972. The van der Waals surface area contributed by atoms with Crippen LogP contribution in [0.15, 0.2) is 52.7 Å². The highest BCUT2D eigenvalue weighted by atomic mass is 35.5. The third kappa shape index (κ3) is 4.19. The quantitative estimate of drug-likeness (QED) is 0.500. The van der Waals surface area contributed by atoms with Gasteiger partial charge < -0.3 is 4.90 Å². The fourth-order valence-corrected chi connectivity index (χ4v) is 6.88. The van der Waals surface area contributed by atoms with Crippen LogP contribution in [0.3, 0.4) is 0 Å². The predicted octanol–water partition coefficient (Wildman–Crippen LogP) is 5.43. The van der Waals surface area contributed by atoms with Gasteiger partial charge in [-0.15, -0.1) is 11.3 Å². The van der Waals surface area contributed by atoms with E-state index in [1.807, 2.05) is 23.6 Å². The lowest BCUT2D eigenvalue weighted by Crippen LogP contribution is -2.39. The van der Waals surface area contributed by atoms with Crippen molar-refractivity contribution in [1.29, 1.82) is 5.26 Å². The van der Waals surface area contributed by atoms with E-state index < -0.39 is 15.1 Å². The summed E-state index contributed by atoms with van der Waals surface area (Å²) in [5, 5.41) is 12.6. The molecule has 1 aliphatic heterocycles. The van der Waals surface area contributed by atoms with Crippen molar-refractivity contribution in [2.45, 2.75) is 23.0 Å². The monoisotopic (exact) mass is 477 g/mol. The zero-order chi connectivity index (χ0) is 21.3. The molecule has 0 aliphatic carbocycles. The van der Waals surface area contributed by atoms with E-state index in [-0.39, 0.29) is 10.5 Å². The number of nitriles is 1. The molecule has 2 aromatic carbocycles. The van der Waals surface area contributed by atoms with Gasteiger partial charge in [0.05, 0.1) is 21.4 Å². The lowest BCUT2D eigenvalue weighted by molar-refractivity contribution is 0.529. The molecular weight excluding hydrogens is 461 g/mol. The number of nitrogens with zero attached hydrogens (tertiary/aromatic N) is 3. The molecular formula is C21H17Cl2N3O2S2. The van der Waals surface area contributed by atoms with Crippen molar-refractivity contribution < 1.29 is 8.42 Å². The number of benzene rings is 2.